The smallest absolute Gasteiger partial charge is 0.161 e. The molecule has 158 valence electrons. The van der Waals surface area contributed by atoms with Gasteiger partial charge in [0.15, 0.2) is 11.5 Å². The fourth-order valence-electron chi connectivity index (χ4n) is 4.66. The molecule has 3 rings (SSSR count). The van der Waals surface area contributed by atoms with Gasteiger partial charge in [-0.2, -0.15) is 0 Å². The molecule has 28 heavy (non-hydrogen) atoms. The molecule has 2 aliphatic rings. The summed E-state index contributed by atoms with van der Waals surface area (Å²) in [5.41, 5.74) is 2.74. The number of aliphatic hydroxyl groups is 2. The lowest BCUT2D eigenvalue weighted by atomic mass is 9.75. The first-order valence-electron chi connectivity index (χ1n) is 10.7. The first-order chi connectivity index (χ1) is 13.2. The van der Waals surface area contributed by atoms with Gasteiger partial charge in [-0.1, -0.05) is 27.7 Å². The van der Waals surface area contributed by atoms with E-state index in [0.717, 1.165) is 32.4 Å². The molecule has 4 atom stereocenters. The molecule has 5 nitrogen and oxygen atoms in total. The van der Waals surface area contributed by atoms with Gasteiger partial charge < -0.3 is 19.7 Å². The fraction of sp³-hybridized carbons (Fsp3) is 0.739. The molecule has 0 aromatic heterocycles. The molecule has 0 spiro atoms. The van der Waals surface area contributed by atoms with Crippen molar-refractivity contribution in [3.8, 4) is 11.5 Å². The van der Waals surface area contributed by atoms with E-state index < -0.39 is 6.10 Å². The Hall–Kier alpha value is -1.30. The van der Waals surface area contributed by atoms with Crippen LogP contribution in [0.3, 0.4) is 0 Å². The predicted molar refractivity (Wildman–Crippen MR) is 111 cm³/mol. The van der Waals surface area contributed by atoms with Crippen LogP contribution in [-0.4, -0.2) is 54.1 Å². The maximum atomic E-state index is 10.8. The number of ether oxygens (including phenoxy) is 2. The predicted octanol–water partition coefficient (Wildman–Crippen LogP) is 3.56. The Morgan fingerprint density at radius 3 is 2.64 bits per heavy atom. The van der Waals surface area contributed by atoms with Crippen molar-refractivity contribution in [3.05, 3.63) is 23.3 Å². The van der Waals surface area contributed by atoms with Crippen LogP contribution in [0.4, 0.5) is 0 Å². The Morgan fingerprint density at radius 1 is 1.25 bits per heavy atom. The zero-order valence-electron chi connectivity index (χ0n) is 18.1. The molecular formula is C23H37NO4. The molecule has 1 aromatic rings. The minimum absolute atomic E-state index is 0.227. The first kappa shape index (κ1) is 21.4. The average molecular weight is 392 g/mol. The third-order valence-electron chi connectivity index (χ3n) is 6.15. The monoisotopic (exact) mass is 391 g/mol. The van der Waals surface area contributed by atoms with Crippen molar-refractivity contribution in [3.63, 3.8) is 0 Å². The Labute approximate surface area is 169 Å². The summed E-state index contributed by atoms with van der Waals surface area (Å²) in [7, 11) is 1.65. The Morgan fingerprint density at radius 2 is 2.00 bits per heavy atom. The van der Waals surface area contributed by atoms with Gasteiger partial charge in [0.05, 0.1) is 19.3 Å². The summed E-state index contributed by atoms with van der Waals surface area (Å²) in [4.78, 5) is 2.53. The number of methoxy groups -OCH3 is 1. The zero-order chi connectivity index (χ0) is 20.5. The van der Waals surface area contributed by atoms with Crippen LogP contribution >= 0.6 is 0 Å². The van der Waals surface area contributed by atoms with Gasteiger partial charge in [0.2, 0.25) is 0 Å². The van der Waals surface area contributed by atoms with Gasteiger partial charge in [0, 0.05) is 19.1 Å². The van der Waals surface area contributed by atoms with Gasteiger partial charge in [0.1, 0.15) is 6.61 Å². The fourth-order valence-corrected chi connectivity index (χ4v) is 4.66. The molecule has 1 fully saturated rings. The van der Waals surface area contributed by atoms with Crippen LogP contribution in [0.1, 0.15) is 64.1 Å². The number of nitrogens with zero attached hydrogens (tertiary/aromatic N) is 1. The minimum Gasteiger partial charge on any atom is -0.493 e. The molecule has 1 saturated heterocycles. The molecular weight excluding hydrogens is 354 g/mol. The summed E-state index contributed by atoms with van der Waals surface area (Å²) in [6, 6.07) is 4.39. The number of piperidine rings is 1. The Bertz CT molecular complexity index is 669. The van der Waals surface area contributed by atoms with E-state index in [1.54, 1.807) is 7.11 Å². The Balaban J connectivity index is 1.80. The van der Waals surface area contributed by atoms with Crippen molar-refractivity contribution in [2.24, 2.45) is 11.3 Å². The van der Waals surface area contributed by atoms with E-state index in [1.165, 1.54) is 11.1 Å². The molecule has 0 bridgehead atoms. The molecule has 1 aromatic carbocycles. The van der Waals surface area contributed by atoms with E-state index in [1.807, 2.05) is 6.92 Å². The highest BCUT2D eigenvalue weighted by Crippen LogP contribution is 2.44. The van der Waals surface area contributed by atoms with Crippen LogP contribution in [0.15, 0.2) is 12.1 Å². The first-order valence-corrected chi connectivity index (χ1v) is 10.7. The highest BCUT2D eigenvalue weighted by Gasteiger charge is 2.39. The van der Waals surface area contributed by atoms with Gasteiger partial charge in [0.25, 0.3) is 0 Å². The number of benzene rings is 1. The quantitative estimate of drug-likeness (QED) is 0.776. The standard InChI is InChI=1S/C23H37NO4/c1-6-17(25)14-28-22-9-15-7-8-24-13-16(12-23(2,3)4)20(26)11-19(24)18(15)10-21(22)27-5/h9-10,16-17,19-20,25-26H,6-8,11-14H2,1-5H3/t16-,17-,19-,20-/m1/s1. The van der Waals surface area contributed by atoms with E-state index in [-0.39, 0.29) is 24.2 Å². The number of rotatable bonds is 6. The topological polar surface area (TPSA) is 62.2 Å². The number of fused-ring (bicyclic) bond motifs is 3. The molecule has 5 heteroatoms. The van der Waals surface area contributed by atoms with Gasteiger partial charge in [-0.3, -0.25) is 4.90 Å². The second-order valence-corrected chi connectivity index (χ2v) is 9.66. The van der Waals surface area contributed by atoms with Crippen molar-refractivity contribution in [1.29, 1.82) is 0 Å². The molecule has 0 unspecified atom stereocenters. The number of hydrogen-bond donors (Lipinski definition) is 2. The maximum Gasteiger partial charge on any atom is 0.161 e. The lowest BCUT2D eigenvalue weighted by molar-refractivity contribution is -0.0259. The summed E-state index contributed by atoms with van der Waals surface area (Å²) in [5.74, 6) is 1.73. The molecule has 2 aliphatic heterocycles. The molecule has 0 amide bonds. The second kappa shape index (κ2) is 8.60. The van der Waals surface area contributed by atoms with Gasteiger partial charge in [-0.05, 0) is 60.3 Å². The molecule has 0 radical (unpaired) electrons. The van der Waals surface area contributed by atoms with Crippen LogP contribution in [0.5, 0.6) is 11.5 Å². The lowest BCUT2D eigenvalue weighted by Crippen LogP contribution is -2.48. The van der Waals surface area contributed by atoms with Crippen molar-refractivity contribution in [1.82, 2.24) is 4.90 Å². The van der Waals surface area contributed by atoms with Crippen LogP contribution in [0, 0.1) is 11.3 Å². The number of hydrogen-bond acceptors (Lipinski definition) is 5. The van der Waals surface area contributed by atoms with E-state index >= 15 is 0 Å². The van der Waals surface area contributed by atoms with Gasteiger partial charge in [-0.25, -0.2) is 0 Å². The lowest BCUT2D eigenvalue weighted by Gasteiger charge is -2.47. The van der Waals surface area contributed by atoms with Gasteiger partial charge in [-0.15, -0.1) is 0 Å². The summed E-state index contributed by atoms with van der Waals surface area (Å²) in [5, 5.41) is 20.6. The third-order valence-corrected chi connectivity index (χ3v) is 6.15. The van der Waals surface area contributed by atoms with Crippen LogP contribution < -0.4 is 9.47 Å². The van der Waals surface area contributed by atoms with E-state index in [0.29, 0.717) is 23.8 Å². The van der Waals surface area contributed by atoms with Crippen molar-refractivity contribution in [2.45, 2.75) is 71.6 Å². The van der Waals surface area contributed by atoms with E-state index in [2.05, 4.69) is 37.8 Å². The highest BCUT2D eigenvalue weighted by atomic mass is 16.5. The van der Waals surface area contributed by atoms with Crippen LogP contribution in [0.2, 0.25) is 0 Å². The van der Waals surface area contributed by atoms with E-state index in [9.17, 15) is 10.2 Å². The number of aliphatic hydroxyl groups excluding tert-OH is 2. The zero-order valence-corrected chi connectivity index (χ0v) is 18.1. The van der Waals surface area contributed by atoms with Crippen molar-refractivity contribution < 1.29 is 19.7 Å². The molecule has 2 heterocycles. The molecule has 2 N–H and O–H groups in total. The Kier molecular flexibility index (Phi) is 6.58. The highest BCUT2D eigenvalue weighted by molar-refractivity contribution is 5.49. The SMILES string of the molecule is CC[C@@H](O)COc1cc2c(cc1OC)[C@H]1C[C@@H](O)[C@H](CC(C)(C)C)CN1CC2. The van der Waals surface area contributed by atoms with E-state index in [4.69, 9.17) is 9.47 Å². The summed E-state index contributed by atoms with van der Waals surface area (Å²) < 4.78 is 11.4. The molecule has 0 saturated carbocycles. The van der Waals surface area contributed by atoms with Crippen LogP contribution in [0.25, 0.3) is 0 Å². The summed E-state index contributed by atoms with van der Waals surface area (Å²) in [6.45, 7) is 10.9. The summed E-state index contributed by atoms with van der Waals surface area (Å²) >= 11 is 0. The van der Waals surface area contributed by atoms with Crippen molar-refractivity contribution >= 4 is 0 Å². The van der Waals surface area contributed by atoms with Crippen molar-refractivity contribution in [2.75, 3.05) is 26.8 Å². The average Bonchev–Trinajstić information content (AvgIpc) is 2.64. The maximum absolute atomic E-state index is 10.8. The van der Waals surface area contributed by atoms with Crippen LogP contribution in [-0.2, 0) is 6.42 Å². The summed E-state index contributed by atoms with van der Waals surface area (Å²) in [6.07, 6.45) is 2.71. The second-order valence-electron chi connectivity index (χ2n) is 9.66. The minimum atomic E-state index is -0.468. The third kappa shape index (κ3) is 4.81. The van der Waals surface area contributed by atoms with Gasteiger partial charge >= 0.3 is 0 Å². The normalized spacial score (nSPS) is 26.3. The molecule has 0 aliphatic carbocycles. The largest absolute Gasteiger partial charge is 0.493 e.